The SMILES string of the molecule is O=S(=O)(CN1CCCCC1)Nc1cc(-c2ccc(O)cc2)c(Oc2ccccc2)c2ccc(O)cc12. The Hall–Kier alpha value is -3.75. The first kappa shape index (κ1) is 24.0. The second-order valence-electron chi connectivity index (χ2n) is 9.02. The number of piperidine rings is 1. The Kier molecular flexibility index (Phi) is 6.71. The molecule has 0 aromatic heterocycles. The molecule has 0 saturated carbocycles. The quantitative estimate of drug-likeness (QED) is 0.290. The van der Waals surface area contributed by atoms with Crippen LogP contribution >= 0.6 is 0 Å². The maximum absolute atomic E-state index is 13.2. The molecule has 186 valence electrons. The van der Waals surface area contributed by atoms with Gasteiger partial charge in [0.05, 0.1) is 5.69 Å². The largest absolute Gasteiger partial charge is 0.508 e. The van der Waals surface area contributed by atoms with Crippen LogP contribution in [0.25, 0.3) is 21.9 Å². The van der Waals surface area contributed by atoms with Gasteiger partial charge in [-0.3, -0.25) is 9.62 Å². The number of nitrogens with one attached hydrogen (secondary N) is 1. The molecule has 0 aliphatic carbocycles. The number of rotatable bonds is 7. The zero-order valence-electron chi connectivity index (χ0n) is 19.7. The number of para-hydroxylation sites is 1. The summed E-state index contributed by atoms with van der Waals surface area (Å²) < 4.78 is 35.5. The number of nitrogens with zero attached hydrogens (tertiary/aromatic N) is 1. The van der Waals surface area contributed by atoms with E-state index in [0.717, 1.165) is 37.9 Å². The molecule has 4 aromatic rings. The molecule has 1 heterocycles. The first-order chi connectivity index (χ1) is 17.4. The van der Waals surface area contributed by atoms with Gasteiger partial charge in [0.15, 0.2) is 0 Å². The number of hydrogen-bond donors (Lipinski definition) is 3. The molecule has 36 heavy (non-hydrogen) atoms. The number of aromatic hydroxyl groups is 2. The highest BCUT2D eigenvalue weighted by molar-refractivity contribution is 7.92. The van der Waals surface area contributed by atoms with E-state index in [-0.39, 0.29) is 17.4 Å². The number of ether oxygens (including phenoxy) is 1. The van der Waals surface area contributed by atoms with Crippen LogP contribution in [0.3, 0.4) is 0 Å². The molecule has 0 spiro atoms. The van der Waals surface area contributed by atoms with E-state index in [0.29, 0.717) is 33.5 Å². The predicted molar refractivity (Wildman–Crippen MR) is 142 cm³/mol. The zero-order valence-corrected chi connectivity index (χ0v) is 20.5. The van der Waals surface area contributed by atoms with Crippen molar-refractivity contribution in [1.29, 1.82) is 0 Å². The van der Waals surface area contributed by atoms with Gasteiger partial charge in [-0.25, -0.2) is 8.42 Å². The summed E-state index contributed by atoms with van der Waals surface area (Å²) >= 11 is 0. The second kappa shape index (κ2) is 10.1. The number of likely N-dealkylation sites (tertiary alicyclic amines) is 1. The van der Waals surface area contributed by atoms with Crippen LogP contribution in [-0.2, 0) is 10.0 Å². The van der Waals surface area contributed by atoms with Gasteiger partial charge in [0.2, 0.25) is 10.0 Å². The van der Waals surface area contributed by atoms with Gasteiger partial charge in [0, 0.05) is 16.3 Å². The van der Waals surface area contributed by atoms with Crippen molar-refractivity contribution >= 4 is 26.5 Å². The Balaban J connectivity index is 1.65. The van der Waals surface area contributed by atoms with Gasteiger partial charge in [-0.2, -0.15) is 0 Å². The van der Waals surface area contributed by atoms with Crippen molar-refractivity contribution in [3.05, 3.63) is 78.9 Å². The molecule has 0 unspecified atom stereocenters. The molecule has 0 atom stereocenters. The van der Waals surface area contributed by atoms with Crippen LogP contribution in [0.4, 0.5) is 5.69 Å². The maximum Gasteiger partial charge on any atom is 0.246 e. The normalized spacial score (nSPS) is 14.6. The van der Waals surface area contributed by atoms with E-state index in [4.69, 9.17) is 4.74 Å². The average Bonchev–Trinajstić information content (AvgIpc) is 2.87. The van der Waals surface area contributed by atoms with Gasteiger partial charge in [-0.15, -0.1) is 0 Å². The van der Waals surface area contributed by atoms with Gasteiger partial charge >= 0.3 is 0 Å². The summed E-state index contributed by atoms with van der Waals surface area (Å²) in [5, 5.41) is 21.2. The highest BCUT2D eigenvalue weighted by Crippen LogP contribution is 2.44. The predicted octanol–water partition coefficient (Wildman–Crippen LogP) is 5.90. The fraction of sp³-hybridized carbons (Fsp3) is 0.214. The third-order valence-electron chi connectivity index (χ3n) is 6.28. The maximum atomic E-state index is 13.2. The van der Waals surface area contributed by atoms with Crippen molar-refractivity contribution in [2.75, 3.05) is 23.7 Å². The molecule has 0 bridgehead atoms. The molecular weight excluding hydrogens is 476 g/mol. The summed E-state index contributed by atoms with van der Waals surface area (Å²) in [5.74, 6) is 1.18. The molecule has 1 aliphatic rings. The molecule has 1 fully saturated rings. The van der Waals surface area contributed by atoms with Crippen LogP contribution in [0, 0.1) is 0 Å². The Morgan fingerprint density at radius 1 is 0.806 bits per heavy atom. The fourth-order valence-electron chi connectivity index (χ4n) is 4.57. The summed E-state index contributed by atoms with van der Waals surface area (Å²) in [6, 6.07) is 22.5. The van der Waals surface area contributed by atoms with Crippen LogP contribution in [0.1, 0.15) is 19.3 Å². The number of fused-ring (bicyclic) bond motifs is 1. The molecule has 3 N–H and O–H groups in total. The number of benzene rings is 4. The number of sulfonamides is 1. The molecule has 4 aromatic carbocycles. The minimum atomic E-state index is -3.70. The summed E-state index contributed by atoms with van der Waals surface area (Å²) in [6.45, 7) is 1.51. The first-order valence-electron chi connectivity index (χ1n) is 11.9. The minimum Gasteiger partial charge on any atom is -0.508 e. The Bertz CT molecular complexity index is 1470. The van der Waals surface area contributed by atoms with Crippen molar-refractivity contribution in [3.8, 4) is 34.1 Å². The third-order valence-corrected chi connectivity index (χ3v) is 7.52. The molecule has 1 saturated heterocycles. The third kappa shape index (κ3) is 5.40. The number of anilines is 1. The topological polar surface area (TPSA) is 99.1 Å². The molecular formula is C28H28N2O5S. The van der Waals surface area contributed by atoms with E-state index in [1.165, 1.54) is 6.07 Å². The van der Waals surface area contributed by atoms with Gasteiger partial charge in [0.25, 0.3) is 0 Å². The lowest BCUT2D eigenvalue weighted by Crippen LogP contribution is -2.36. The van der Waals surface area contributed by atoms with Gasteiger partial charge in [-0.1, -0.05) is 36.8 Å². The first-order valence-corrected chi connectivity index (χ1v) is 13.6. The lowest BCUT2D eigenvalue weighted by Gasteiger charge is -2.26. The van der Waals surface area contributed by atoms with E-state index in [1.807, 2.05) is 35.2 Å². The average molecular weight is 505 g/mol. The van der Waals surface area contributed by atoms with E-state index in [9.17, 15) is 18.6 Å². The summed E-state index contributed by atoms with van der Waals surface area (Å²) in [7, 11) is -3.70. The van der Waals surface area contributed by atoms with Crippen molar-refractivity contribution in [3.63, 3.8) is 0 Å². The van der Waals surface area contributed by atoms with Crippen LogP contribution in [0.2, 0.25) is 0 Å². The van der Waals surface area contributed by atoms with Crippen LogP contribution in [0.15, 0.2) is 78.9 Å². The number of phenolic OH excluding ortho intramolecular Hbond substituents is 2. The molecule has 5 rings (SSSR count). The smallest absolute Gasteiger partial charge is 0.246 e. The Labute approximate surface area is 210 Å². The lowest BCUT2D eigenvalue weighted by molar-refractivity contribution is 0.261. The van der Waals surface area contributed by atoms with E-state index in [1.54, 1.807) is 42.5 Å². The van der Waals surface area contributed by atoms with Gasteiger partial charge < -0.3 is 14.9 Å². The van der Waals surface area contributed by atoms with Crippen LogP contribution in [0.5, 0.6) is 23.0 Å². The van der Waals surface area contributed by atoms with Crippen molar-refractivity contribution < 1.29 is 23.4 Å². The minimum absolute atomic E-state index is 0.0158. The van der Waals surface area contributed by atoms with E-state index >= 15 is 0 Å². The summed E-state index contributed by atoms with van der Waals surface area (Å²) in [5.41, 5.74) is 1.74. The molecule has 8 heteroatoms. The molecule has 0 radical (unpaired) electrons. The number of phenols is 2. The van der Waals surface area contributed by atoms with Crippen LogP contribution in [-0.4, -0.2) is 42.5 Å². The summed E-state index contributed by atoms with van der Waals surface area (Å²) in [4.78, 5) is 1.94. The second-order valence-corrected chi connectivity index (χ2v) is 10.7. The monoisotopic (exact) mass is 504 g/mol. The van der Waals surface area contributed by atoms with E-state index < -0.39 is 10.0 Å². The van der Waals surface area contributed by atoms with Gasteiger partial charge in [0.1, 0.15) is 28.9 Å². The van der Waals surface area contributed by atoms with Crippen molar-refractivity contribution in [2.45, 2.75) is 19.3 Å². The standard InChI is InChI=1S/C28H28N2O5S/c31-21-11-9-20(10-12-21)25-18-27(29-36(33,34)19-30-15-5-2-6-16-30)26-17-22(32)13-14-24(26)28(25)35-23-7-3-1-4-8-23/h1,3-4,7-14,17-18,29,31-32H,2,5-6,15-16,19H2. The molecule has 7 nitrogen and oxygen atoms in total. The van der Waals surface area contributed by atoms with Crippen molar-refractivity contribution in [2.24, 2.45) is 0 Å². The van der Waals surface area contributed by atoms with Crippen LogP contribution < -0.4 is 9.46 Å². The lowest BCUT2D eigenvalue weighted by atomic mass is 9.97. The molecule has 1 aliphatic heterocycles. The molecule has 0 amide bonds. The zero-order chi connectivity index (χ0) is 25.1. The number of hydrogen-bond acceptors (Lipinski definition) is 6. The Morgan fingerprint density at radius 3 is 2.22 bits per heavy atom. The van der Waals surface area contributed by atoms with E-state index in [2.05, 4.69) is 4.72 Å². The Morgan fingerprint density at radius 2 is 1.50 bits per heavy atom. The highest BCUT2D eigenvalue weighted by Gasteiger charge is 2.22. The van der Waals surface area contributed by atoms with Gasteiger partial charge in [-0.05, 0) is 80.0 Å². The highest BCUT2D eigenvalue weighted by atomic mass is 32.2. The summed E-state index contributed by atoms with van der Waals surface area (Å²) in [6.07, 6.45) is 3.10. The van der Waals surface area contributed by atoms with Crippen molar-refractivity contribution in [1.82, 2.24) is 4.90 Å². The fourth-order valence-corrected chi connectivity index (χ4v) is 5.88.